The molecule has 1 atom stereocenters. The van der Waals surface area contributed by atoms with Gasteiger partial charge in [0.25, 0.3) is 0 Å². The van der Waals surface area contributed by atoms with Crippen LogP contribution in [0.25, 0.3) is 10.7 Å². The van der Waals surface area contributed by atoms with Crippen LogP contribution in [0.2, 0.25) is 0 Å². The number of hydrogen-bond acceptors (Lipinski definition) is 6. The minimum Gasteiger partial charge on any atom is -0.358 e. The first-order valence-corrected chi connectivity index (χ1v) is 9.01. The topological polar surface area (TPSA) is 71.3 Å². The van der Waals surface area contributed by atoms with Gasteiger partial charge in [0.05, 0.1) is 17.5 Å². The van der Waals surface area contributed by atoms with Crippen LogP contribution in [0.15, 0.2) is 46.3 Å². The van der Waals surface area contributed by atoms with Crippen LogP contribution in [0.4, 0.5) is 0 Å². The van der Waals surface area contributed by atoms with Crippen molar-refractivity contribution in [3.8, 4) is 10.7 Å². The highest BCUT2D eigenvalue weighted by Crippen LogP contribution is 2.26. The van der Waals surface area contributed by atoms with Crippen molar-refractivity contribution in [3.63, 3.8) is 0 Å². The summed E-state index contributed by atoms with van der Waals surface area (Å²) >= 11 is 1.57. The average molecular weight is 354 g/mol. The second-order valence-electron chi connectivity index (χ2n) is 6.00. The molecule has 1 unspecified atom stereocenters. The van der Waals surface area contributed by atoms with Gasteiger partial charge in [0, 0.05) is 13.6 Å². The van der Waals surface area contributed by atoms with Gasteiger partial charge in [-0.05, 0) is 29.0 Å². The van der Waals surface area contributed by atoms with Crippen LogP contribution in [0, 0.1) is 0 Å². The molecule has 0 saturated heterocycles. The lowest BCUT2D eigenvalue weighted by atomic mass is 9.93. The number of benzene rings is 1. The smallest absolute Gasteiger partial charge is 0.241 e. The van der Waals surface area contributed by atoms with Crippen molar-refractivity contribution in [2.24, 2.45) is 0 Å². The van der Waals surface area contributed by atoms with Gasteiger partial charge in [-0.2, -0.15) is 4.98 Å². The van der Waals surface area contributed by atoms with Crippen molar-refractivity contribution < 1.29 is 9.32 Å². The molecule has 128 valence electrons. The number of hydrogen-bond donors (Lipinski definition) is 1. The summed E-state index contributed by atoms with van der Waals surface area (Å²) in [5.41, 5.74) is 2.46. The van der Waals surface area contributed by atoms with E-state index in [1.807, 2.05) is 29.6 Å². The number of carbonyl (C=O) groups excluding carboxylic acids is 1. The van der Waals surface area contributed by atoms with Crippen molar-refractivity contribution in [1.29, 1.82) is 0 Å². The van der Waals surface area contributed by atoms with E-state index < -0.39 is 0 Å². The third kappa shape index (κ3) is 3.20. The second-order valence-corrected chi connectivity index (χ2v) is 6.94. The van der Waals surface area contributed by atoms with E-state index in [1.54, 1.807) is 18.4 Å². The summed E-state index contributed by atoms with van der Waals surface area (Å²) in [6, 6.07) is 11.9. The Labute approximate surface area is 149 Å². The molecule has 25 heavy (non-hydrogen) atoms. The number of carbonyl (C=O) groups is 1. The summed E-state index contributed by atoms with van der Waals surface area (Å²) in [7, 11) is 1.67. The van der Waals surface area contributed by atoms with Gasteiger partial charge >= 0.3 is 0 Å². The number of nitrogens with zero attached hydrogens (tertiary/aromatic N) is 3. The van der Waals surface area contributed by atoms with Crippen molar-refractivity contribution >= 4 is 17.2 Å². The molecule has 1 aromatic carbocycles. The molecule has 1 aliphatic rings. The minimum absolute atomic E-state index is 0.00694. The highest BCUT2D eigenvalue weighted by Gasteiger charge is 2.32. The molecule has 4 rings (SSSR count). The van der Waals surface area contributed by atoms with E-state index in [4.69, 9.17) is 4.52 Å². The maximum absolute atomic E-state index is 12.4. The van der Waals surface area contributed by atoms with E-state index in [1.165, 1.54) is 11.1 Å². The van der Waals surface area contributed by atoms with Crippen molar-refractivity contribution in [3.05, 3.63) is 58.8 Å². The fourth-order valence-electron chi connectivity index (χ4n) is 3.17. The molecule has 0 spiro atoms. The minimum atomic E-state index is -0.239. The summed E-state index contributed by atoms with van der Waals surface area (Å²) in [6.45, 7) is 1.13. The zero-order chi connectivity index (χ0) is 17.2. The molecule has 0 radical (unpaired) electrons. The van der Waals surface area contributed by atoms with Crippen LogP contribution >= 0.6 is 11.3 Å². The van der Waals surface area contributed by atoms with Crippen molar-refractivity contribution in [2.45, 2.75) is 25.6 Å². The summed E-state index contributed by atoms with van der Waals surface area (Å²) in [4.78, 5) is 19.9. The molecule has 1 aliphatic heterocycles. The molecule has 0 fully saturated rings. The van der Waals surface area contributed by atoms with Gasteiger partial charge in [0.15, 0.2) is 0 Å². The Morgan fingerprint density at radius 2 is 2.16 bits per heavy atom. The lowest BCUT2D eigenvalue weighted by Crippen LogP contribution is -2.49. The Hall–Kier alpha value is -2.51. The number of likely N-dealkylation sites (N-methyl/N-ethyl adjacent to an activating group) is 1. The Morgan fingerprint density at radius 1 is 1.32 bits per heavy atom. The first-order chi connectivity index (χ1) is 12.2. The van der Waals surface area contributed by atoms with Gasteiger partial charge < -0.3 is 9.84 Å². The molecule has 3 heterocycles. The quantitative estimate of drug-likeness (QED) is 0.779. The van der Waals surface area contributed by atoms with Crippen molar-refractivity contribution in [1.82, 2.24) is 20.4 Å². The van der Waals surface area contributed by atoms with Gasteiger partial charge in [0.1, 0.15) is 0 Å². The van der Waals surface area contributed by atoms with E-state index in [2.05, 4.69) is 32.5 Å². The summed E-state index contributed by atoms with van der Waals surface area (Å²) < 4.78 is 5.41. The number of fused-ring (bicyclic) bond motifs is 1. The Kier molecular flexibility index (Phi) is 4.33. The largest absolute Gasteiger partial charge is 0.358 e. The first kappa shape index (κ1) is 16.0. The van der Waals surface area contributed by atoms with Crippen LogP contribution in [-0.2, 0) is 24.3 Å². The number of nitrogens with one attached hydrogen (secondary N) is 1. The monoisotopic (exact) mass is 354 g/mol. The zero-order valence-electron chi connectivity index (χ0n) is 13.8. The fourth-order valence-corrected chi connectivity index (χ4v) is 3.82. The van der Waals surface area contributed by atoms with E-state index >= 15 is 0 Å². The van der Waals surface area contributed by atoms with E-state index in [0.717, 1.165) is 4.88 Å². The molecule has 0 saturated carbocycles. The van der Waals surface area contributed by atoms with E-state index in [0.29, 0.717) is 31.2 Å². The summed E-state index contributed by atoms with van der Waals surface area (Å²) in [6.07, 6.45) is 0.682. The highest BCUT2D eigenvalue weighted by molar-refractivity contribution is 7.13. The second kappa shape index (κ2) is 6.78. The zero-order valence-corrected chi connectivity index (χ0v) is 14.6. The number of amides is 1. The molecule has 7 heteroatoms. The molecule has 6 nitrogen and oxygen atoms in total. The molecular formula is C18H18N4O2S. The SMILES string of the molecule is CNC(=O)C1Cc2ccccc2CN1Cc1nc(-c2cccs2)no1. The Bertz CT molecular complexity index is 875. The van der Waals surface area contributed by atoms with Gasteiger partial charge in [-0.1, -0.05) is 35.5 Å². The highest BCUT2D eigenvalue weighted by atomic mass is 32.1. The molecule has 1 N–H and O–H groups in total. The predicted octanol–water partition coefficient (Wildman–Crippen LogP) is 2.47. The predicted molar refractivity (Wildman–Crippen MR) is 94.9 cm³/mol. The molecule has 1 amide bonds. The summed E-state index contributed by atoms with van der Waals surface area (Å²) in [5.74, 6) is 1.13. The van der Waals surface area contributed by atoms with Crippen LogP contribution in [0.1, 0.15) is 17.0 Å². The average Bonchev–Trinajstić information content (AvgIpc) is 3.32. The van der Waals surface area contributed by atoms with Gasteiger partial charge in [0.2, 0.25) is 17.6 Å². The first-order valence-electron chi connectivity index (χ1n) is 8.13. The van der Waals surface area contributed by atoms with E-state index in [9.17, 15) is 4.79 Å². The summed E-state index contributed by atoms with van der Waals surface area (Å²) in [5, 5.41) is 8.80. The molecular weight excluding hydrogens is 336 g/mol. The Morgan fingerprint density at radius 3 is 2.92 bits per heavy atom. The maximum Gasteiger partial charge on any atom is 0.241 e. The molecule has 3 aromatic rings. The van der Waals surface area contributed by atoms with Gasteiger partial charge in [-0.15, -0.1) is 11.3 Å². The molecule has 2 aromatic heterocycles. The third-order valence-corrected chi connectivity index (χ3v) is 5.31. The standard InChI is InChI=1S/C18H18N4O2S/c1-19-18(23)14-9-12-5-2-3-6-13(12)10-22(14)11-16-20-17(21-24-16)15-7-4-8-25-15/h2-8,14H,9-11H2,1H3,(H,19,23). The maximum atomic E-state index is 12.4. The lowest BCUT2D eigenvalue weighted by Gasteiger charge is -2.34. The van der Waals surface area contributed by atoms with Gasteiger partial charge in [-0.25, -0.2) is 0 Å². The normalized spacial score (nSPS) is 17.2. The third-order valence-electron chi connectivity index (χ3n) is 4.44. The Balaban J connectivity index is 1.58. The van der Waals surface area contributed by atoms with Crippen LogP contribution in [0.5, 0.6) is 0 Å². The lowest BCUT2D eigenvalue weighted by molar-refractivity contribution is -0.126. The van der Waals surface area contributed by atoms with Crippen molar-refractivity contribution in [2.75, 3.05) is 7.05 Å². The fraction of sp³-hybridized carbons (Fsp3) is 0.278. The van der Waals surface area contributed by atoms with Gasteiger partial charge in [-0.3, -0.25) is 9.69 Å². The molecule has 0 bridgehead atoms. The number of aromatic nitrogens is 2. The molecule has 0 aliphatic carbocycles. The van der Waals surface area contributed by atoms with Crippen LogP contribution in [-0.4, -0.2) is 34.0 Å². The number of thiophene rings is 1. The number of rotatable bonds is 4. The van der Waals surface area contributed by atoms with E-state index in [-0.39, 0.29) is 11.9 Å². The van der Waals surface area contributed by atoms with Crippen LogP contribution in [0.3, 0.4) is 0 Å². The van der Waals surface area contributed by atoms with Crippen LogP contribution < -0.4 is 5.32 Å².